The van der Waals surface area contributed by atoms with Gasteiger partial charge in [-0.05, 0) is 12.5 Å². The number of carbonyl (C=O) groups is 1. The molecule has 0 spiro atoms. The fourth-order valence-corrected chi connectivity index (χ4v) is 1.81. The fourth-order valence-electron chi connectivity index (χ4n) is 1.81. The van der Waals surface area contributed by atoms with Crippen molar-refractivity contribution in [3.8, 4) is 0 Å². The quantitative estimate of drug-likeness (QED) is 0.919. The molecule has 0 saturated heterocycles. The van der Waals surface area contributed by atoms with E-state index in [4.69, 9.17) is 5.11 Å². The molecule has 0 aliphatic carbocycles. The first-order chi connectivity index (χ1) is 9.16. The first kappa shape index (κ1) is 15.0. The molecule has 2 rings (SSSR count). The van der Waals surface area contributed by atoms with Crippen LogP contribution in [0.1, 0.15) is 30.8 Å². The normalized spacial score (nSPS) is 9.63. The van der Waals surface area contributed by atoms with E-state index in [2.05, 4.69) is 4.98 Å². The zero-order chi connectivity index (χ0) is 14.3. The van der Waals surface area contributed by atoms with Crippen molar-refractivity contribution in [2.45, 2.75) is 33.7 Å². The van der Waals surface area contributed by atoms with Crippen molar-refractivity contribution in [3.63, 3.8) is 0 Å². The monoisotopic (exact) mass is 260 g/mol. The molecule has 0 radical (unpaired) electrons. The lowest BCUT2D eigenvalue weighted by Crippen LogP contribution is -2.11. The zero-order valence-corrected chi connectivity index (χ0v) is 11.6. The molecule has 0 unspecified atom stereocenters. The largest absolute Gasteiger partial charge is 0.480 e. The minimum Gasteiger partial charge on any atom is -0.480 e. The Hall–Kier alpha value is -2.10. The number of imidazole rings is 1. The van der Waals surface area contributed by atoms with Crippen molar-refractivity contribution in [1.29, 1.82) is 0 Å². The highest BCUT2D eigenvalue weighted by Gasteiger charge is 2.10. The van der Waals surface area contributed by atoms with Crippen LogP contribution in [-0.4, -0.2) is 20.6 Å². The molecule has 102 valence electrons. The van der Waals surface area contributed by atoms with Crippen LogP contribution in [0.2, 0.25) is 0 Å². The third-order valence-corrected chi connectivity index (χ3v) is 2.68. The van der Waals surface area contributed by atoms with E-state index in [0.29, 0.717) is 6.42 Å². The van der Waals surface area contributed by atoms with E-state index in [9.17, 15) is 4.79 Å². The van der Waals surface area contributed by atoms with Crippen LogP contribution in [0.15, 0.2) is 36.7 Å². The SMILES string of the molecule is CC.Cc1ncn(CC(=O)O)c1Cc1ccccc1. The van der Waals surface area contributed by atoms with Crippen molar-refractivity contribution in [3.05, 3.63) is 53.6 Å². The molecule has 4 heteroatoms. The predicted molar refractivity (Wildman–Crippen MR) is 75.2 cm³/mol. The molecule has 0 aliphatic rings. The first-order valence-electron chi connectivity index (χ1n) is 6.43. The molecule has 1 aromatic heterocycles. The number of aromatic nitrogens is 2. The number of hydrogen-bond acceptors (Lipinski definition) is 2. The maximum atomic E-state index is 10.7. The van der Waals surface area contributed by atoms with Crippen LogP contribution in [0.4, 0.5) is 0 Å². The minimum atomic E-state index is -0.850. The maximum Gasteiger partial charge on any atom is 0.323 e. The van der Waals surface area contributed by atoms with E-state index in [1.807, 2.05) is 51.1 Å². The molecule has 0 bridgehead atoms. The number of benzene rings is 1. The lowest BCUT2D eigenvalue weighted by Gasteiger charge is -2.06. The van der Waals surface area contributed by atoms with E-state index < -0.39 is 5.97 Å². The van der Waals surface area contributed by atoms with Gasteiger partial charge < -0.3 is 9.67 Å². The Morgan fingerprint density at radius 1 is 1.26 bits per heavy atom. The van der Waals surface area contributed by atoms with Gasteiger partial charge >= 0.3 is 5.97 Å². The van der Waals surface area contributed by atoms with Crippen molar-refractivity contribution in [2.24, 2.45) is 0 Å². The third-order valence-electron chi connectivity index (χ3n) is 2.68. The molecule has 1 heterocycles. The minimum absolute atomic E-state index is 0.0387. The molecule has 0 amide bonds. The maximum absolute atomic E-state index is 10.7. The number of aryl methyl sites for hydroxylation is 1. The second kappa shape index (κ2) is 7.36. The summed E-state index contributed by atoms with van der Waals surface area (Å²) in [7, 11) is 0. The summed E-state index contributed by atoms with van der Waals surface area (Å²) in [6.07, 6.45) is 2.29. The van der Waals surface area contributed by atoms with Crippen molar-refractivity contribution < 1.29 is 9.90 Å². The molecular formula is C15H20N2O2. The van der Waals surface area contributed by atoms with Gasteiger partial charge in [0.25, 0.3) is 0 Å². The molecule has 0 aliphatic heterocycles. The van der Waals surface area contributed by atoms with Crippen LogP contribution in [0.3, 0.4) is 0 Å². The van der Waals surface area contributed by atoms with Crippen LogP contribution in [0, 0.1) is 6.92 Å². The highest BCUT2D eigenvalue weighted by molar-refractivity contribution is 5.66. The lowest BCUT2D eigenvalue weighted by molar-refractivity contribution is -0.137. The Bertz CT molecular complexity index is 518. The summed E-state index contributed by atoms with van der Waals surface area (Å²) in [5.41, 5.74) is 3.00. The Morgan fingerprint density at radius 3 is 2.47 bits per heavy atom. The van der Waals surface area contributed by atoms with Crippen LogP contribution in [0.5, 0.6) is 0 Å². The number of hydrogen-bond donors (Lipinski definition) is 1. The molecule has 19 heavy (non-hydrogen) atoms. The van der Waals surface area contributed by atoms with Crippen LogP contribution < -0.4 is 0 Å². The molecule has 1 aromatic carbocycles. The Morgan fingerprint density at radius 2 is 1.89 bits per heavy atom. The van der Waals surface area contributed by atoms with Gasteiger partial charge in [0.15, 0.2) is 0 Å². The summed E-state index contributed by atoms with van der Waals surface area (Å²) >= 11 is 0. The van der Waals surface area contributed by atoms with E-state index in [1.54, 1.807) is 10.9 Å². The van der Waals surface area contributed by atoms with Gasteiger partial charge in [0, 0.05) is 12.1 Å². The van der Waals surface area contributed by atoms with E-state index in [-0.39, 0.29) is 6.54 Å². The lowest BCUT2D eigenvalue weighted by atomic mass is 10.1. The van der Waals surface area contributed by atoms with Crippen LogP contribution in [0.25, 0.3) is 0 Å². The summed E-state index contributed by atoms with van der Waals surface area (Å²) in [6.45, 7) is 5.86. The van der Waals surface area contributed by atoms with E-state index >= 15 is 0 Å². The average Bonchev–Trinajstić information content (AvgIpc) is 2.74. The van der Waals surface area contributed by atoms with Gasteiger partial charge in [-0.15, -0.1) is 0 Å². The Labute approximate surface area is 113 Å². The summed E-state index contributed by atoms with van der Waals surface area (Å²) in [5.74, 6) is -0.850. The molecule has 0 saturated carbocycles. The second-order valence-electron chi connectivity index (χ2n) is 3.96. The fraction of sp³-hybridized carbons (Fsp3) is 0.333. The molecule has 4 nitrogen and oxygen atoms in total. The number of nitrogens with zero attached hydrogens (tertiary/aromatic N) is 2. The van der Waals surface area contributed by atoms with E-state index in [1.165, 1.54) is 0 Å². The highest BCUT2D eigenvalue weighted by Crippen LogP contribution is 2.13. The van der Waals surface area contributed by atoms with Crippen molar-refractivity contribution >= 4 is 5.97 Å². The number of carboxylic acids is 1. The van der Waals surface area contributed by atoms with Gasteiger partial charge in [-0.25, -0.2) is 4.98 Å². The number of carboxylic acid groups (broad SMARTS) is 1. The Balaban J connectivity index is 0.000000861. The summed E-state index contributed by atoms with van der Waals surface area (Å²) in [6, 6.07) is 9.96. The number of rotatable bonds is 4. The van der Waals surface area contributed by atoms with Gasteiger partial charge in [-0.2, -0.15) is 0 Å². The van der Waals surface area contributed by atoms with Gasteiger partial charge in [0.2, 0.25) is 0 Å². The topological polar surface area (TPSA) is 55.1 Å². The van der Waals surface area contributed by atoms with Crippen molar-refractivity contribution in [1.82, 2.24) is 9.55 Å². The molecular weight excluding hydrogens is 240 g/mol. The number of aliphatic carboxylic acids is 1. The van der Waals surface area contributed by atoms with Crippen molar-refractivity contribution in [2.75, 3.05) is 0 Å². The highest BCUT2D eigenvalue weighted by atomic mass is 16.4. The second-order valence-corrected chi connectivity index (χ2v) is 3.96. The molecule has 0 fully saturated rings. The van der Waals surface area contributed by atoms with E-state index in [0.717, 1.165) is 17.0 Å². The predicted octanol–water partition coefficient (Wildman–Crippen LogP) is 2.89. The first-order valence-corrected chi connectivity index (χ1v) is 6.43. The van der Waals surface area contributed by atoms with Crippen LogP contribution in [-0.2, 0) is 17.8 Å². The van der Waals surface area contributed by atoms with Gasteiger partial charge in [-0.1, -0.05) is 44.2 Å². The average molecular weight is 260 g/mol. The van der Waals surface area contributed by atoms with Gasteiger partial charge in [-0.3, -0.25) is 4.79 Å². The third kappa shape index (κ3) is 4.25. The standard InChI is InChI=1S/C13H14N2O2.C2H6/c1-10-12(7-11-5-3-2-4-6-11)15(9-14-10)8-13(16)17;1-2/h2-6,9H,7-8H2,1H3,(H,16,17);1-2H3. The smallest absolute Gasteiger partial charge is 0.323 e. The molecule has 0 atom stereocenters. The van der Waals surface area contributed by atoms with Gasteiger partial charge in [0.05, 0.1) is 12.0 Å². The summed E-state index contributed by atoms with van der Waals surface area (Å²) < 4.78 is 1.69. The molecule has 2 aromatic rings. The molecule has 1 N–H and O–H groups in total. The summed E-state index contributed by atoms with van der Waals surface area (Å²) in [5, 5.41) is 8.82. The zero-order valence-electron chi connectivity index (χ0n) is 11.6. The Kier molecular flexibility index (Phi) is 5.79. The summed E-state index contributed by atoms with van der Waals surface area (Å²) in [4.78, 5) is 14.9. The van der Waals surface area contributed by atoms with Gasteiger partial charge in [0.1, 0.15) is 6.54 Å². The van der Waals surface area contributed by atoms with Crippen LogP contribution >= 0.6 is 0 Å².